The average molecular weight is 275 g/mol. The molecule has 0 bridgehead atoms. The van der Waals surface area contributed by atoms with E-state index in [1.807, 2.05) is 12.1 Å². The molecule has 1 saturated heterocycles. The molecule has 1 aliphatic heterocycles. The number of nitrogens with two attached hydrogens (primary N) is 1. The van der Waals surface area contributed by atoms with Gasteiger partial charge in [0.25, 0.3) is 0 Å². The second-order valence-electron chi connectivity index (χ2n) is 5.49. The first-order valence-corrected chi connectivity index (χ1v) is 7.36. The van der Waals surface area contributed by atoms with Crippen LogP contribution < -0.4 is 5.73 Å². The molecule has 0 spiro atoms. The quantitative estimate of drug-likeness (QED) is 0.627. The minimum Gasteiger partial charge on any atom is -0.382 e. The molecule has 2 heterocycles. The van der Waals surface area contributed by atoms with Crippen molar-refractivity contribution >= 4 is 5.84 Å². The van der Waals surface area contributed by atoms with E-state index < -0.39 is 0 Å². The summed E-state index contributed by atoms with van der Waals surface area (Å²) in [6, 6.07) is 4.60. The van der Waals surface area contributed by atoms with Gasteiger partial charge in [0.05, 0.1) is 0 Å². The number of nitrogen functional groups attached to an aromatic ring is 1. The Morgan fingerprint density at radius 1 is 1.40 bits per heavy atom. The standard InChI is InChI=1S/C15H25N5/c1-3-12(2)20-9-7-19(8-10-20)11-13-5-4-6-18-14(13)15(16)17/h4-6,12H,3,7-11H2,1-2H3,(H3,16,17). The summed E-state index contributed by atoms with van der Waals surface area (Å²) in [5, 5.41) is 7.60. The Labute approximate surface area is 121 Å². The van der Waals surface area contributed by atoms with Gasteiger partial charge in [-0.05, 0) is 25.0 Å². The molecule has 0 aliphatic carbocycles. The van der Waals surface area contributed by atoms with E-state index in [4.69, 9.17) is 11.1 Å². The van der Waals surface area contributed by atoms with Crippen LogP contribution in [0.5, 0.6) is 0 Å². The molecule has 0 radical (unpaired) electrons. The highest BCUT2D eigenvalue weighted by molar-refractivity contribution is 5.94. The van der Waals surface area contributed by atoms with E-state index >= 15 is 0 Å². The normalized spacial score (nSPS) is 18.9. The van der Waals surface area contributed by atoms with Gasteiger partial charge in [0.15, 0.2) is 0 Å². The second-order valence-corrected chi connectivity index (χ2v) is 5.49. The van der Waals surface area contributed by atoms with E-state index in [1.165, 1.54) is 6.42 Å². The lowest BCUT2D eigenvalue weighted by Gasteiger charge is -2.38. The molecule has 1 fully saturated rings. The fourth-order valence-electron chi connectivity index (χ4n) is 2.67. The Bertz CT molecular complexity index is 451. The zero-order valence-corrected chi connectivity index (χ0v) is 12.5. The Morgan fingerprint density at radius 2 is 2.10 bits per heavy atom. The number of rotatable bonds is 5. The number of hydrogen-bond acceptors (Lipinski definition) is 4. The number of piperazine rings is 1. The molecular formula is C15H25N5. The second kappa shape index (κ2) is 6.81. The molecule has 0 amide bonds. The van der Waals surface area contributed by atoms with Crippen molar-refractivity contribution in [2.75, 3.05) is 26.2 Å². The smallest absolute Gasteiger partial charge is 0.142 e. The minimum absolute atomic E-state index is 0.0545. The van der Waals surface area contributed by atoms with Gasteiger partial charge >= 0.3 is 0 Å². The monoisotopic (exact) mass is 275 g/mol. The third-order valence-corrected chi connectivity index (χ3v) is 4.16. The molecule has 3 N–H and O–H groups in total. The highest BCUT2D eigenvalue weighted by Crippen LogP contribution is 2.13. The summed E-state index contributed by atoms with van der Waals surface area (Å²) >= 11 is 0. The molecule has 1 unspecified atom stereocenters. The van der Waals surface area contributed by atoms with Crippen molar-refractivity contribution in [1.29, 1.82) is 5.41 Å². The summed E-state index contributed by atoms with van der Waals surface area (Å²) in [5.41, 5.74) is 7.27. The van der Waals surface area contributed by atoms with Crippen LogP contribution in [0.4, 0.5) is 0 Å². The van der Waals surface area contributed by atoms with Crippen LogP contribution in [0.15, 0.2) is 18.3 Å². The number of amidine groups is 1. The lowest BCUT2D eigenvalue weighted by molar-refractivity contribution is 0.0963. The van der Waals surface area contributed by atoms with Gasteiger partial charge in [-0.25, -0.2) is 0 Å². The van der Waals surface area contributed by atoms with Crippen LogP contribution in [0.2, 0.25) is 0 Å². The van der Waals surface area contributed by atoms with Crippen LogP contribution in [0.3, 0.4) is 0 Å². The van der Waals surface area contributed by atoms with E-state index in [9.17, 15) is 0 Å². The maximum atomic E-state index is 7.60. The van der Waals surface area contributed by atoms with E-state index in [2.05, 4.69) is 28.6 Å². The van der Waals surface area contributed by atoms with Gasteiger partial charge in [0, 0.05) is 45.0 Å². The zero-order chi connectivity index (χ0) is 14.5. The maximum absolute atomic E-state index is 7.60. The Kier molecular flexibility index (Phi) is 5.09. The molecule has 1 aromatic heterocycles. The van der Waals surface area contributed by atoms with Crippen molar-refractivity contribution < 1.29 is 0 Å². The topological polar surface area (TPSA) is 69.2 Å². The Hall–Kier alpha value is -1.46. The maximum Gasteiger partial charge on any atom is 0.142 e. The SMILES string of the molecule is CCC(C)N1CCN(Cc2cccnc2C(=N)N)CC1. The summed E-state index contributed by atoms with van der Waals surface area (Å²) < 4.78 is 0. The van der Waals surface area contributed by atoms with Gasteiger partial charge in [0.1, 0.15) is 11.5 Å². The third kappa shape index (κ3) is 3.55. The Balaban J connectivity index is 1.95. The van der Waals surface area contributed by atoms with Crippen molar-refractivity contribution in [3.05, 3.63) is 29.6 Å². The van der Waals surface area contributed by atoms with Crippen molar-refractivity contribution in [3.8, 4) is 0 Å². The van der Waals surface area contributed by atoms with Crippen LogP contribution in [-0.4, -0.2) is 52.8 Å². The lowest BCUT2D eigenvalue weighted by Crippen LogP contribution is -2.49. The molecule has 5 heteroatoms. The molecule has 1 aliphatic rings. The predicted molar refractivity (Wildman–Crippen MR) is 81.9 cm³/mol. The van der Waals surface area contributed by atoms with E-state index in [0.29, 0.717) is 11.7 Å². The number of aromatic nitrogens is 1. The summed E-state index contributed by atoms with van der Waals surface area (Å²) in [4.78, 5) is 9.18. The number of hydrogen-bond donors (Lipinski definition) is 2. The van der Waals surface area contributed by atoms with Crippen LogP contribution in [-0.2, 0) is 6.54 Å². The predicted octanol–water partition coefficient (Wildman–Crippen LogP) is 1.28. The van der Waals surface area contributed by atoms with E-state index in [0.717, 1.165) is 38.3 Å². The highest BCUT2D eigenvalue weighted by Gasteiger charge is 2.21. The van der Waals surface area contributed by atoms with Crippen molar-refractivity contribution in [2.45, 2.75) is 32.9 Å². The van der Waals surface area contributed by atoms with Gasteiger partial charge in [-0.1, -0.05) is 13.0 Å². The summed E-state index contributed by atoms with van der Waals surface area (Å²) in [7, 11) is 0. The third-order valence-electron chi connectivity index (χ3n) is 4.16. The van der Waals surface area contributed by atoms with Crippen molar-refractivity contribution in [3.63, 3.8) is 0 Å². The van der Waals surface area contributed by atoms with Crippen LogP contribution in [0, 0.1) is 5.41 Å². The molecule has 1 atom stereocenters. The van der Waals surface area contributed by atoms with Crippen molar-refractivity contribution in [1.82, 2.24) is 14.8 Å². The highest BCUT2D eigenvalue weighted by atomic mass is 15.3. The van der Waals surface area contributed by atoms with Gasteiger partial charge < -0.3 is 5.73 Å². The minimum atomic E-state index is 0.0545. The van der Waals surface area contributed by atoms with Gasteiger partial charge in [-0.2, -0.15) is 0 Å². The number of nitrogens with one attached hydrogen (secondary N) is 1. The summed E-state index contributed by atoms with van der Waals surface area (Å²) in [6.07, 6.45) is 2.90. The molecule has 110 valence electrons. The first kappa shape index (κ1) is 14.9. The Morgan fingerprint density at radius 3 is 2.70 bits per heavy atom. The van der Waals surface area contributed by atoms with E-state index in [-0.39, 0.29) is 5.84 Å². The fraction of sp³-hybridized carbons (Fsp3) is 0.600. The van der Waals surface area contributed by atoms with E-state index in [1.54, 1.807) is 6.20 Å². The largest absolute Gasteiger partial charge is 0.382 e. The molecule has 1 aromatic rings. The first-order chi connectivity index (χ1) is 9.61. The summed E-state index contributed by atoms with van der Waals surface area (Å²) in [6.45, 7) is 9.73. The fourth-order valence-corrected chi connectivity index (χ4v) is 2.67. The molecule has 5 nitrogen and oxygen atoms in total. The van der Waals surface area contributed by atoms with Crippen LogP contribution in [0.25, 0.3) is 0 Å². The number of nitrogens with zero attached hydrogens (tertiary/aromatic N) is 3. The average Bonchev–Trinajstić information content (AvgIpc) is 2.47. The lowest BCUT2D eigenvalue weighted by atomic mass is 10.1. The first-order valence-electron chi connectivity index (χ1n) is 7.36. The molecule has 0 saturated carbocycles. The van der Waals surface area contributed by atoms with Crippen molar-refractivity contribution in [2.24, 2.45) is 5.73 Å². The summed E-state index contributed by atoms with van der Waals surface area (Å²) in [5.74, 6) is 0.0545. The van der Waals surface area contributed by atoms with Gasteiger partial charge in [0.2, 0.25) is 0 Å². The zero-order valence-electron chi connectivity index (χ0n) is 12.5. The van der Waals surface area contributed by atoms with Gasteiger partial charge in [-0.3, -0.25) is 20.2 Å². The number of pyridine rings is 1. The van der Waals surface area contributed by atoms with Crippen LogP contribution >= 0.6 is 0 Å². The molecule has 0 aromatic carbocycles. The van der Waals surface area contributed by atoms with Gasteiger partial charge in [-0.15, -0.1) is 0 Å². The van der Waals surface area contributed by atoms with Crippen LogP contribution in [0.1, 0.15) is 31.5 Å². The molecule has 2 rings (SSSR count). The molecule has 20 heavy (non-hydrogen) atoms. The molecular weight excluding hydrogens is 250 g/mol.